The van der Waals surface area contributed by atoms with E-state index in [4.69, 9.17) is 11.6 Å². The molecule has 0 aliphatic carbocycles. The Morgan fingerprint density at radius 3 is 2.71 bits per heavy atom. The first-order chi connectivity index (χ1) is 10.3. The van der Waals surface area contributed by atoms with E-state index in [-0.39, 0.29) is 5.75 Å². The van der Waals surface area contributed by atoms with Crippen molar-refractivity contribution >= 4 is 17.3 Å². The molecule has 106 valence electrons. The number of rotatable bonds is 4. The van der Waals surface area contributed by atoms with Gasteiger partial charge in [-0.3, -0.25) is 0 Å². The maximum atomic E-state index is 9.88. The SMILES string of the molecule is Oc1cccc(Cl)c1CNc1ccccc1-n1cccn1. The van der Waals surface area contributed by atoms with Crippen molar-refractivity contribution in [2.75, 3.05) is 5.32 Å². The van der Waals surface area contributed by atoms with E-state index in [2.05, 4.69) is 10.4 Å². The third kappa shape index (κ3) is 2.85. The predicted molar refractivity (Wildman–Crippen MR) is 84.0 cm³/mol. The highest BCUT2D eigenvalue weighted by Crippen LogP contribution is 2.27. The van der Waals surface area contributed by atoms with Crippen molar-refractivity contribution in [1.82, 2.24) is 9.78 Å². The molecule has 21 heavy (non-hydrogen) atoms. The van der Waals surface area contributed by atoms with Gasteiger partial charge in [-0.25, -0.2) is 4.68 Å². The molecule has 2 N–H and O–H groups in total. The summed E-state index contributed by atoms with van der Waals surface area (Å²) in [4.78, 5) is 0. The predicted octanol–water partition coefficient (Wildman–Crippen LogP) is 3.84. The highest BCUT2D eigenvalue weighted by atomic mass is 35.5. The number of aromatic nitrogens is 2. The lowest BCUT2D eigenvalue weighted by molar-refractivity contribution is 0.469. The molecule has 0 saturated carbocycles. The number of hydrogen-bond acceptors (Lipinski definition) is 3. The van der Waals surface area contributed by atoms with Crippen LogP contribution < -0.4 is 5.32 Å². The van der Waals surface area contributed by atoms with Gasteiger partial charge in [0.05, 0.1) is 11.4 Å². The number of benzene rings is 2. The Morgan fingerprint density at radius 1 is 1.10 bits per heavy atom. The molecule has 1 heterocycles. The quantitative estimate of drug-likeness (QED) is 0.769. The zero-order valence-corrected chi connectivity index (χ0v) is 12.0. The minimum atomic E-state index is 0.187. The molecule has 0 aliphatic rings. The Morgan fingerprint density at radius 2 is 1.95 bits per heavy atom. The molecule has 3 aromatic rings. The zero-order valence-electron chi connectivity index (χ0n) is 11.2. The van der Waals surface area contributed by atoms with Crippen LogP contribution in [0.15, 0.2) is 60.9 Å². The topological polar surface area (TPSA) is 50.1 Å². The van der Waals surface area contributed by atoms with E-state index >= 15 is 0 Å². The van der Waals surface area contributed by atoms with Gasteiger partial charge in [0.1, 0.15) is 5.75 Å². The Labute approximate surface area is 127 Å². The number of nitrogens with zero attached hydrogens (tertiary/aromatic N) is 2. The van der Waals surface area contributed by atoms with Crippen LogP contribution in [0.5, 0.6) is 5.75 Å². The number of para-hydroxylation sites is 2. The second kappa shape index (κ2) is 5.89. The summed E-state index contributed by atoms with van der Waals surface area (Å²) >= 11 is 6.12. The largest absolute Gasteiger partial charge is 0.508 e. The van der Waals surface area contributed by atoms with Gasteiger partial charge in [-0.2, -0.15) is 5.10 Å². The maximum Gasteiger partial charge on any atom is 0.122 e. The number of phenolic OH excluding ortho intramolecular Hbond substituents is 1. The van der Waals surface area contributed by atoms with E-state index in [1.807, 2.05) is 36.5 Å². The fourth-order valence-corrected chi connectivity index (χ4v) is 2.38. The van der Waals surface area contributed by atoms with E-state index in [9.17, 15) is 5.11 Å². The number of aromatic hydroxyl groups is 1. The average Bonchev–Trinajstić information content (AvgIpc) is 3.01. The van der Waals surface area contributed by atoms with Gasteiger partial charge in [-0.15, -0.1) is 0 Å². The van der Waals surface area contributed by atoms with Crippen LogP contribution in [0.1, 0.15) is 5.56 Å². The van der Waals surface area contributed by atoms with Crippen LogP contribution in [0.3, 0.4) is 0 Å². The second-order valence-corrected chi connectivity index (χ2v) is 4.97. The molecule has 0 saturated heterocycles. The van der Waals surface area contributed by atoms with Crippen LogP contribution in [-0.4, -0.2) is 14.9 Å². The van der Waals surface area contributed by atoms with Crippen molar-refractivity contribution in [3.8, 4) is 11.4 Å². The molecule has 0 unspecified atom stereocenters. The monoisotopic (exact) mass is 299 g/mol. The standard InChI is InChI=1S/C16H14ClN3O/c17-13-5-3-8-16(21)12(13)11-18-14-6-1-2-7-15(14)20-10-4-9-19-20/h1-10,18,21H,11H2. The van der Waals surface area contributed by atoms with Gasteiger partial charge in [0, 0.05) is 29.5 Å². The fraction of sp³-hybridized carbons (Fsp3) is 0.0625. The summed E-state index contributed by atoms with van der Waals surface area (Å²) in [5.74, 6) is 0.187. The lowest BCUT2D eigenvalue weighted by atomic mass is 10.2. The van der Waals surface area contributed by atoms with E-state index in [0.717, 1.165) is 11.4 Å². The molecule has 0 fully saturated rings. The molecule has 0 aliphatic heterocycles. The number of halogens is 1. The van der Waals surface area contributed by atoms with Crippen molar-refractivity contribution in [3.63, 3.8) is 0 Å². The lowest BCUT2D eigenvalue weighted by Crippen LogP contribution is -2.05. The number of phenols is 1. The molecule has 0 atom stereocenters. The zero-order chi connectivity index (χ0) is 14.7. The van der Waals surface area contributed by atoms with Crippen LogP contribution in [0.2, 0.25) is 5.02 Å². The van der Waals surface area contributed by atoms with Gasteiger partial charge in [0.2, 0.25) is 0 Å². The van der Waals surface area contributed by atoms with E-state index < -0.39 is 0 Å². The third-order valence-corrected chi connectivity index (χ3v) is 3.56. The third-order valence-electron chi connectivity index (χ3n) is 3.21. The lowest BCUT2D eigenvalue weighted by Gasteiger charge is -2.13. The fourth-order valence-electron chi connectivity index (χ4n) is 2.14. The van der Waals surface area contributed by atoms with Crippen LogP contribution in [0.4, 0.5) is 5.69 Å². The molecule has 5 heteroatoms. The molecule has 0 radical (unpaired) electrons. The van der Waals surface area contributed by atoms with Gasteiger partial charge < -0.3 is 10.4 Å². The average molecular weight is 300 g/mol. The smallest absolute Gasteiger partial charge is 0.122 e. The molecule has 0 spiro atoms. The van der Waals surface area contributed by atoms with Crippen LogP contribution in [0, 0.1) is 0 Å². The molecular weight excluding hydrogens is 286 g/mol. The van der Waals surface area contributed by atoms with E-state index in [1.165, 1.54) is 0 Å². The van der Waals surface area contributed by atoms with Gasteiger partial charge >= 0.3 is 0 Å². The Kier molecular flexibility index (Phi) is 3.79. The number of nitrogens with one attached hydrogen (secondary N) is 1. The maximum absolute atomic E-state index is 9.88. The van der Waals surface area contributed by atoms with Gasteiger partial charge in [0.25, 0.3) is 0 Å². The van der Waals surface area contributed by atoms with Gasteiger partial charge in [-0.1, -0.05) is 29.8 Å². The van der Waals surface area contributed by atoms with Crippen LogP contribution in [-0.2, 0) is 6.54 Å². The molecule has 0 bridgehead atoms. The second-order valence-electron chi connectivity index (χ2n) is 4.56. The highest BCUT2D eigenvalue weighted by Gasteiger charge is 2.08. The molecule has 0 amide bonds. The van der Waals surface area contributed by atoms with E-state index in [0.29, 0.717) is 17.1 Å². The van der Waals surface area contributed by atoms with Gasteiger partial charge in [-0.05, 0) is 30.3 Å². The molecule has 2 aromatic carbocycles. The first-order valence-corrected chi connectivity index (χ1v) is 6.93. The van der Waals surface area contributed by atoms with Crippen molar-refractivity contribution in [3.05, 3.63) is 71.5 Å². The Balaban J connectivity index is 1.86. The summed E-state index contributed by atoms with van der Waals surface area (Å²) in [6.45, 7) is 0.434. The van der Waals surface area contributed by atoms with Gasteiger partial charge in [0.15, 0.2) is 0 Å². The first kappa shape index (κ1) is 13.5. The normalized spacial score (nSPS) is 10.5. The number of anilines is 1. The summed E-state index contributed by atoms with van der Waals surface area (Å²) in [5.41, 5.74) is 2.53. The molecule has 3 rings (SSSR count). The summed E-state index contributed by atoms with van der Waals surface area (Å²) in [7, 11) is 0. The first-order valence-electron chi connectivity index (χ1n) is 6.55. The van der Waals surface area contributed by atoms with Crippen molar-refractivity contribution in [2.45, 2.75) is 6.54 Å². The highest BCUT2D eigenvalue weighted by molar-refractivity contribution is 6.31. The summed E-state index contributed by atoms with van der Waals surface area (Å²) in [6, 6.07) is 14.8. The molecule has 4 nitrogen and oxygen atoms in total. The minimum absolute atomic E-state index is 0.187. The van der Waals surface area contributed by atoms with Crippen molar-refractivity contribution in [2.24, 2.45) is 0 Å². The minimum Gasteiger partial charge on any atom is -0.508 e. The van der Waals surface area contributed by atoms with Crippen molar-refractivity contribution < 1.29 is 5.11 Å². The van der Waals surface area contributed by atoms with Crippen LogP contribution >= 0.6 is 11.6 Å². The summed E-state index contributed by atoms with van der Waals surface area (Å²) in [6.07, 6.45) is 3.62. The summed E-state index contributed by atoms with van der Waals surface area (Å²) in [5, 5.41) is 18.0. The number of hydrogen-bond donors (Lipinski definition) is 2. The van der Waals surface area contributed by atoms with Crippen molar-refractivity contribution in [1.29, 1.82) is 0 Å². The summed E-state index contributed by atoms with van der Waals surface area (Å²) < 4.78 is 1.79. The van der Waals surface area contributed by atoms with Crippen LogP contribution in [0.25, 0.3) is 5.69 Å². The Hall–Kier alpha value is -2.46. The molecule has 1 aromatic heterocycles. The molecular formula is C16H14ClN3O. The van der Waals surface area contributed by atoms with E-state index in [1.54, 1.807) is 29.1 Å². The Bertz CT molecular complexity index is 721.